The Morgan fingerprint density at radius 3 is 3.08 bits per heavy atom. The summed E-state index contributed by atoms with van der Waals surface area (Å²) in [6.07, 6.45) is 1.31. The third-order valence-electron chi connectivity index (χ3n) is 2.31. The number of rotatable bonds is 6. The van der Waals surface area contributed by atoms with Crippen LogP contribution in [0.2, 0.25) is 0 Å². The highest BCUT2D eigenvalue weighted by molar-refractivity contribution is 7.99. The van der Waals surface area contributed by atoms with E-state index in [2.05, 4.69) is 5.32 Å². The van der Waals surface area contributed by atoms with Gasteiger partial charge < -0.3 is 15.2 Å². The highest BCUT2D eigenvalue weighted by Crippen LogP contribution is 2.22. The Labute approximate surface area is 84.2 Å². The molecule has 0 saturated carbocycles. The molecule has 1 saturated heterocycles. The average Bonchev–Trinajstić information content (AvgIpc) is 2.64. The van der Waals surface area contributed by atoms with Crippen molar-refractivity contribution < 1.29 is 9.84 Å². The summed E-state index contributed by atoms with van der Waals surface area (Å²) in [7, 11) is 1.66. The second kappa shape index (κ2) is 6.65. The molecule has 0 amide bonds. The molecule has 1 heterocycles. The first-order chi connectivity index (χ1) is 6.36. The molecule has 0 aromatic heterocycles. The van der Waals surface area contributed by atoms with E-state index in [0.29, 0.717) is 6.61 Å². The topological polar surface area (TPSA) is 41.5 Å². The Bertz CT molecular complexity index is 129. The molecular formula is C9H19NO2S. The molecule has 0 radical (unpaired) electrons. The van der Waals surface area contributed by atoms with Gasteiger partial charge in [0.2, 0.25) is 0 Å². The Balaban J connectivity index is 2.07. The fourth-order valence-electron chi connectivity index (χ4n) is 1.46. The van der Waals surface area contributed by atoms with Gasteiger partial charge in [0, 0.05) is 7.11 Å². The van der Waals surface area contributed by atoms with E-state index < -0.39 is 0 Å². The van der Waals surface area contributed by atoms with Crippen molar-refractivity contribution in [2.75, 3.05) is 38.4 Å². The number of aliphatic hydroxyl groups excluding tert-OH is 1. The highest BCUT2D eigenvalue weighted by Gasteiger charge is 2.16. The van der Waals surface area contributed by atoms with Crippen LogP contribution < -0.4 is 5.32 Å². The number of methoxy groups -OCH3 is 1. The lowest BCUT2D eigenvalue weighted by molar-refractivity contribution is 0.127. The van der Waals surface area contributed by atoms with Gasteiger partial charge in [-0.25, -0.2) is 0 Å². The predicted molar refractivity (Wildman–Crippen MR) is 56.2 cm³/mol. The van der Waals surface area contributed by atoms with Crippen molar-refractivity contribution in [3.05, 3.63) is 0 Å². The summed E-state index contributed by atoms with van der Waals surface area (Å²) in [4.78, 5) is 0. The number of ether oxygens (including phenoxy) is 1. The molecule has 0 spiro atoms. The quantitative estimate of drug-likeness (QED) is 0.656. The zero-order valence-electron chi connectivity index (χ0n) is 8.16. The molecule has 13 heavy (non-hydrogen) atoms. The number of aliphatic hydroxyl groups is 1. The fourth-order valence-corrected chi connectivity index (χ4v) is 2.74. The molecule has 2 unspecified atom stereocenters. The van der Waals surface area contributed by atoms with Crippen molar-refractivity contribution in [3.63, 3.8) is 0 Å². The van der Waals surface area contributed by atoms with Gasteiger partial charge in [-0.1, -0.05) is 0 Å². The number of hydrogen-bond donors (Lipinski definition) is 2. The Kier molecular flexibility index (Phi) is 5.78. The first kappa shape index (κ1) is 11.3. The van der Waals surface area contributed by atoms with Crippen LogP contribution in [0.4, 0.5) is 0 Å². The molecule has 0 aliphatic carbocycles. The summed E-state index contributed by atoms with van der Waals surface area (Å²) in [5.74, 6) is 3.34. The van der Waals surface area contributed by atoms with Crippen LogP contribution >= 0.6 is 11.8 Å². The highest BCUT2D eigenvalue weighted by atomic mass is 32.2. The van der Waals surface area contributed by atoms with Crippen LogP contribution in [-0.2, 0) is 4.74 Å². The minimum atomic E-state index is 0.107. The second-order valence-electron chi connectivity index (χ2n) is 3.47. The summed E-state index contributed by atoms with van der Waals surface area (Å²) >= 11 is 2.02. The summed E-state index contributed by atoms with van der Waals surface area (Å²) in [5, 5.41) is 12.3. The molecule has 78 valence electrons. The second-order valence-corrected chi connectivity index (χ2v) is 4.62. The van der Waals surface area contributed by atoms with Gasteiger partial charge in [0.25, 0.3) is 0 Å². The maximum Gasteiger partial charge on any atom is 0.0638 e. The standard InChI is InChI=1S/C9H19NO2S/c1-12-6-9(5-11)10-4-8-2-3-13-7-8/h8-11H,2-7H2,1H3. The Hall–Kier alpha value is 0.230. The van der Waals surface area contributed by atoms with Gasteiger partial charge in [0.05, 0.1) is 19.3 Å². The van der Waals surface area contributed by atoms with E-state index in [1.54, 1.807) is 7.11 Å². The Morgan fingerprint density at radius 1 is 1.69 bits per heavy atom. The van der Waals surface area contributed by atoms with Crippen LogP contribution in [0.25, 0.3) is 0 Å². The molecule has 0 bridgehead atoms. The lowest BCUT2D eigenvalue weighted by Gasteiger charge is -2.17. The van der Waals surface area contributed by atoms with Gasteiger partial charge in [-0.15, -0.1) is 0 Å². The summed E-state index contributed by atoms with van der Waals surface area (Å²) in [5.41, 5.74) is 0. The lowest BCUT2D eigenvalue weighted by Crippen LogP contribution is -2.39. The molecule has 3 nitrogen and oxygen atoms in total. The van der Waals surface area contributed by atoms with Crippen molar-refractivity contribution in [1.29, 1.82) is 0 Å². The van der Waals surface area contributed by atoms with E-state index >= 15 is 0 Å². The van der Waals surface area contributed by atoms with Gasteiger partial charge in [-0.05, 0) is 30.4 Å². The largest absolute Gasteiger partial charge is 0.395 e. The zero-order valence-corrected chi connectivity index (χ0v) is 8.98. The maximum absolute atomic E-state index is 8.98. The van der Waals surface area contributed by atoms with Crippen molar-refractivity contribution >= 4 is 11.8 Å². The molecule has 1 rings (SSSR count). The monoisotopic (exact) mass is 205 g/mol. The van der Waals surface area contributed by atoms with Crippen molar-refractivity contribution in [2.24, 2.45) is 5.92 Å². The summed E-state index contributed by atoms with van der Waals surface area (Å²) < 4.78 is 4.98. The van der Waals surface area contributed by atoms with Gasteiger partial charge >= 0.3 is 0 Å². The van der Waals surface area contributed by atoms with Crippen molar-refractivity contribution in [2.45, 2.75) is 12.5 Å². The number of nitrogens with one attached hydrogen (secondary N) is 1. The van der Waals surface area contributed by atoms with Crippen LogP contribution in [-0.4, -0.2) is 49.5 Å². The number of hydrogen-bond acceptors (Lipinski definition) is 4. The van der Waals surface area contributed by atoms with Crippen LogP contribution in [0.3, 0.4) is 0 Å². The normalized spacial score (nSPS) is 24.9. The minimum absolute atomic E-state index is 0.107. The maximum atomic E-state index is 8.98. The average molecular weight is 205 g/mol. The van der Waals surface area contributed by atoms with E-state index in [0.717, 1.165) is 12.5 Å². The predicted octanol–water partition coefficient (Wildman–Crippen LogP) is 0.336. The molecule has 1 aliphatic rings. The molecule has 2 N–H and O–H groups in total. The first-order valence-electron chi connectivity index (χ1n) is 4.77. The zero-order chi connectivity index (χ0) is 9.52. The van der Waals surface area contributed by atoms with E-state index in [1.165, 1.54) is 17.9 Å². The van der Waals surface area contributed by atoms with Crippen molar-refractivity contribution in [3.8, 4) is 0 Å². The van der Waals surface area contributed by atoms with E-state index in [4.69, 9.17) is 9.84 Å². The SMILES string of the molecule is COCC(CO)NCC1CCSC1. The molecule has 4 heteroatoms. The molecule has 1 fully saturated rings. The summed E-state index contributed by atoms with van der Waals surface area (Å²) in [6, 6.07) is 0.107. The van der Waals surface area contributed by atoms with Gasteiger partial charge in [-0.3, -0.25) is 0 Å². The van der Waals surface area contributed by atoms with Crippen LogP contribution in [0.5, 0.6) is 0 Å². The minimum Gasteiger partial charge on any atom is -0.395 e. The number of thioether (sulfide) groups is 1. The summed E-state index contributed by atoms with van der Waals surface area (Å²) in [6.45, 7) is 1.77. The Morgan fingerprint density at radius 2 is 2.54 bits per heavy atom. The van der Waals surface area contributed by atoms with E-state index in [1.807, 2.05) is 11.8 Å². The van der Waals surface area contributed by atoms with Gasteiger partial charge in [0.15, 0.2) is 0 Å². The van der Waals surface area contributed by atoms with Gasteiger partial charge in [0.1, 0.15) is 0 Å². The molecule has 0 aromatic rings. The smallest absolute Gasteiger partial charge is 0.0638 e. The van der Waals surface area contributed by atoms with E-state index in [9.17, 15) is 0 Å². The lowest BCUT2D eigenvalue weighted by atomic mass is 10.1. The van der Waals surface area contributed by atoms with Gasteiger partial charge in [-0.2, -0.15) is 11.8 Å². The molecule has 1 aliphatic heterocycles. The fraction of sp³-hybridized carbons (Fsp3) is 1.00. The third-order valence-corrected chi connectivity index (χ3v) is 3.54. The molecule has 0 aromatic carbocycles. The third kappa shape index (κ3) is 4.31. The first-order valence-corrected chi connectivity index (χ1v) is 5.93. The van der Waals surface area contributed by atoms with E-state index in [-0.39, 0.29) is 12.6 Å². The van der Waals surface area contributed by atoms with Crippen LogP contribution in [0.1, 0.15) is 6.42 Å². The molecule has 2 atom stereocenters. The molecular weight excluding hydrogens is 186 g/mol. The van der Waals surface area contributed by atoms with Crippen LogP contribution in [0.15, 0.2) is 0 Å². The van der Waals surface area contributed by atoms with Crippen molar-refractivity contribution in [1.82, 2.24) is 5.32 Å². The van der Waals surface area contributed by atoms with Crippen LogP contribution in [0, 0.1) is 5.92 Å².